The van der Waals surface area contributed by atoms with Gasteiger partial charge in [-0.25, -0.2) is 0 Å². The molecule has 0 saturated carbocycles. The molecule has 0 amide bonds. The molecule has 1 fully saturated rings. The van der Waals surface area contributed by atoms with E-state index in [1.54, 1.807) is 0 Å². The quantitative estimate of drug-likeness (QED) is 0.695. The maximum Gasteiger partial charge on any atom is 0.0834 e. The van der Waals surface area contributed by atoms with E-state index < -0.39 is 0 Å². The second-order valence-electron chi connectivity index (χ2n) is 4.75. The minimum Gasteiger partial charge on any atom is -0.394 e. The van der Waals surface area contributed by atoms with Crippen LogP contribution >= 0.6 is 0 Å². The van der Waals surface area contributed by atoms with E-state index in [1.165, 1.54) is 25.7 Å². The first-order valence-corrected chi connectivity index (χ1v) is 6.64. The van der Waals surface area contributed by atoms with Crippen molar-refractivity contribution in [2.75, 3.05) is 19.8 Å². The second-order valence-corrected chi connectivity index (χ2v) is 4.75. The van der Waals surface area contributed by atoms with Gasteiger partial charge in [-0.3, -0.25) is 0 Å². The van der Waals surface area contributed by atoms with Crippen LogP contribution in [0.25, 0.3) is 0 Å². The number of ether oxygens (including phenoxy) is 2. The van der Waals surface area contributed by atoms with Gasteiger partial charge >= 0.3 is 0 Å². The fourth-order valence-electron chi connectivity index (χ4n) is 2.09. The first kappa shape index (κ1) is 13.9. The zero-order valence-corrected chi connectivity index (χ0v) is 10.7. The van der Waals surface area contributed by atoms with Crippen molar-refractivity contribution < 1.29 is 14.6 Å². The second kappa shape index (κ2) is 8.04. The summed E-state index contributed by atoms with van der Waals surface area (Å²) in [5.74, 6) is 0.688. The Kier molecular flexibility index (Phi) is 7.01. The van der Waals surface area contributed by atoms with E-state index in [0.717, 1.165) is 13.0 Å². The molecule has 0 aliphatic carbocycles. The Morgan fingerprint density at radius 1 is 1.44 bits per heavy atom. The van der Waals surface area contributed by atoms with Crippen LogP contribution in [0.15, 0.2) is 0 Å². The Morgan fingerprint density at radius 3 is 2.81 bits per heavy atom. The van der Waals surface area contributed by atoms with Crippen LogP contribution < -0.4 is 0 Å². The third-order valence-electron chi connectivity index (χ3n) is 3.36. The summed E-state index contributed by atoms with van der Waals surface area (Å²) in [7, 11) is 0. The number of hydrogen-bond acceptors (Lipinski definition) is 3. The molecule has 16 heavy (non-hydrogen) atoms. The zero-order valence-electron chi connectivity index (χ0n) is 10.7. The van der Waals surface area contributed by atoms with Gasteiger partial charge in [0.15, 0.2) is 0 Å². The summed E-state index contributed by atoms with van der Waals surface area (Å²) in [5.41, 5.74) is 0. The Balaban J connectivity index is 2.12. The van der Waals surface area contributed by atoms with Crippen LogP contribution in [0.1, 0.15) is 46.0 Å². The summed E-state index contributed by atoms with van der Waals surface area (Å²) in [4.78, 5) is 0. The summed E-state index contributed by atoms with van der Waals surface area (Å²) < 4.78 is 11.2. The van der Waals surface area contributed by atoms with Crippen LogP contribution in [-0.4, -0.2) is 37.1 Å². The average Bonchev–Trinajstić information content (AvgIpc) is 2.77. The van der Waals surface area contributed by atoms with Gasteiger partial charge < -0.3 is 14.6 Å². The Labute approximate surface area is 99.1 Å². The van der Waals surface area contributed by atoms with Crippen LogP contribution in [0.4, 0.5) is 0 Å². The molecule has 0 aromatic carbocycles. The Hall–Kier alpha value is -0.120. The Morgan fingerprint density at radius 2 is 2.25 bits per heavy atom. The fourth-order valence-corrected chi connectivity index (χ4v) is 2.09. The zero-order chi connectivity index (χ0) is 11.8. The molecule has 1 saturated heterocycles. The molecule has 0 spiro atoms. The van der Waals surface area contributed by atoms with Crippen LogP contribution in [0.2, 0.25) is 0 Å². The van der Waals surface area contributed by atoms with Crippen LogP contribution in [0.3, 0.4) is 0 Å². The van der Waals surface area contributed by atoms with E-state index in [2.05, 4.69) is 13.8 Å². The molecule has 3 nitrogen and oxygen atoms in total. The SMILES string of the molecule is CCCCC(CC)CO[C@@H]1CO[C@H](CO)C1. The van der Waals surface area contributed by atoms with Crippen molar-refractivity contribution >= 4 is 0 Å². The van der Waals surface area contributed by atoms with Crippen molar-refractivity contribution in [1.82, 2.24) is 0 Å². The van der Waals surface area contributed by atoms with E-state index >= 15 is 0 Å². The topological polar surface area (TPSA) is 38.7 Å². The predicted molar refractivity (Wildman–Crippen MR) is 64.5 cm³/mol. The first-order chi connectivity index (χ1) is 7.80. The van der Waals surface area contributed by atoms with E-state index in [1.807, 2.05) is 0 Å². The molecule has 96 valence electrons. The molecule has 0 bridgehead atoms. The third kappa shape index (κ3) is 4.81. The molecule has 0 aromatic rings. The smallest absolute Gasteiger partial charge is 0.0834 e. The number of aliphatic hydroxyl groups is 1. The predicted octanol–water partition coefficient (Wildman–Crippen LogP) is 2.37. The number of hydrogen-bond donors (Lipinski definition) is 1. The highest BCUT2D eigenvalue weighted by Gasteiger charge is 2.25. The van der Waals surface area contributed by atoms with Gasteiger partial charge in [-0.1, -0.05) is 33.1 Å². The summed E-state index contributed by atoms with van der Waals surface area (Å²) in [5, 5.41) is 8.94. The average molecular weight is 230 g/mol. The van der Waals surface area contributed by atoms with Gasteiger partial charge in [-0.2, -0.15) is 0 Å². The van der Waals surface area contributed by atoms with E-state index in [-0.39, 0.29) is 18.8 Å². The van der Waals surface area contributed by atoms with E-state index in [0.29, 0.717) is 12.5 Å². The molecular formula is C13H26O3. The Bertz CT molecular complexity index is 171. The summed E-state index contributed by atoms with van der Waals surface area (Å²) in [6, 6.07) is 0. The van der Waals surface area contributed by atoms with Gasteiger partial charge in [0.25, 0.3) is 0 Å². The van der Waals surface area contributed by atoms with Crippen molar-refractivity contribution in [3.63, 3.8) is 0 Å². The maximum absolute atomic E-state index is 8.94. The van der Waals surface area contributed by atoms with Gasteiger partial charge in [-0.15, -0.1) is 0 Å². The van der Waals surface area contributed by atoms with Crippen molar-refractivity contribution in [2.24, 2.45) is 5.92 Å². The molecule has 1 aliphatic heterocycles. The minimum atomic E-state index is 0.000665. The van der Waals surface area contributed by atoms with Gasteiger partial charge in [0, 0.05) is 13.0 Å². The number of aliphatic hydroxyl groups excluding tert-OH is 1. The van der Waals surface area contributed by atoms with Crippen LogP contribution in [0, 0.1) is 5.92 Å². The maximum atomic E-state index is 8.94. The molecule has 3 heteroatoms. The highest BCUT2D eigenvalue weighted by atomic mass is 16.6. The standard InChI is InChI=1S/C13H26O3/c1-3-5-6-11(4-2)9-15-13-7-12(8-14)16-10-13/h11-14H,3-10H2,1-2H3/t11?,12-,13-/m0/s1. The molecule has 1 rings (SSSR count). The molecule has 1 heterocycles. The lowest BCUT2D eigenvalue weighted by atomic mass is 10.0. The van der Waals surface area contributed by atoms with Gasteiger partial charge in [0.05, 0.1) is 25.4 Å². The lowest BCUT2D eigenvalue weighted by molar-refractivity contribution is 0.0128. The lowest BCUT2D eigenvalue weighted by Gasteiger charge is -2.17. The van der Waals surface area contributed by atoms with Gasteiger partial charge in [-0.05, 0) is 12.3 Å². The molecule has 1 aliphatic rings. The van der Waals surface area contributed by atoms with E-state index in [9.17, 15) is 0 Å². The van der Waals surface area contributed by atoms with Crippen molar-refractivity contribution in [3.8, 4) is 0 Å². The van der Waals surface area contributed by atoms with Crippen molar-refractivity contribution in [1.29, 1.82) is 0 Å². The molecule has 1 N–H and O–H groups in total. The number of rotatable bonds is 8. The lowest BCUT2D eigenvalue weighted by Crippen LogP contribution is -2.19. The molecule has 1 unspecified atom stereocenters. The molecular weight excluding hydrogens is 204 g/mol. The number of unbranched alkanes of at least 4 members (excludes halogenated alkanes) is 1. The van der Waals surface area contributed by atoms with Crippen LogP contribution in [-0.2, 0) is 9.47 Å². The van der Waals surface area contributed by atoms with E-state index in [4.69, 9.17) is 14.6 Å². The largest absolute Gasteiger partial charge is 0.394 e. The monoisotopic (exact) mass is 230 g/mol. The molecule has 0 aromatic heterocycles. The van der Waals surface area contributed by atoms with Crippen molar-refractivity contribution in [3.05, 3.63) is 0 Å². The summed E-state index contributed by atoms with van der Waals surface area (Å²) in [6.07, 6.45) is 6.06. The molecule has 0 radical (unpaired) electrons. The highest BCUT2D eigenvalue weighted by Crippen LogP contribution is 2.19. The third-order valence-corrected chi connectivity index (χ3v) is 3.36. The molecule has 3 atom stereocenters. The fraction of sp³-hybridized carbons (Fsp3) is 1.00. The van der Waals surface area contributed by atoms with Crippen molar-refractivity contribution in [2.45, 2.75) is 58.2 Å². The van der Waals surface area contributed by atoms with Gasteiger partial charge in [0.1, 0.15) is 0 Å². The normalized spacial score (nSPS) is 27.2. The van der Waals surface area contributed by atoms with Gasteiger partial charge in [0.2, 0.25) is 0 Å². The minimum absolute atomic E-state index is 0.000665. The highest BCUT2D eigenvalue weighted by molar-refractivity contribution is 4.73. The van der Waals surface area contributed by atoms with Crippen LogP contribution in [0.5, 0.6) is 0 Å². The summed E-state index contributed by atoms with van der Waals surface area (Å²) >= 11 is 0. The summed E-state index contributed by atoms with van der Waals surface area (Å²) in [6.45, 7) is 6.07. The first-order valence-electron chi connectivity index (χ1n) is 6.64.